The minimum atomic E-state index is -1.18. The van der Waals surface area contributed by atoms with Crippen molar-refractivity contribution in [2.24, 2.45) is 0 Å². The van der Waals surface area contributed by atoms with Crippen LogP contribution < -0.4 is 5.32 Å². The van der Waals surface area contributed by atoms with Gasteiger partial charge in [-0.15, -0.1) is 0 Å². The van der Waals surface area contributed by atoms with Gasteiger partial charge < -0.3 is 15.0 Å². The normalized spacial score (nSPS) is 11.0. The van der Waals surface area contributed by atoms with Gasteiger partial charge in [-0.25, -0.2) is 19.7 Å². The Kier molecular flexibility index (Phi) is 4.92. The maximum absolute atomic E-state index is 12.1. The highest BCUT2D eigenvalue weighted by Crippen LogP contribution is 2.21. The second-order valence-corrected chi connectivity index (χ2v) is 6.08. The van der Waals surface area contributed by atoms with E-state index in [4.69, 9.17) is 5.11 Å². The predicted octanol–water partition coefficient (Wildman–Crippen LogP) is 2.08. The summed E-state index contributed by atoms with van der Waals surface area (Å²) in [7, 11) is 0. The molecule has 2 heterocycles. The Balaban J connectivity index is 1.68. The number of hydrogen-bond donors (Lipinski definition) is 2. The molecule has 0 bridgehead atoms. The number of rotatable bonds is 6. The number of carbonyl (C=O) groups excluding carboxylic acids is 1. The van der Waals surface area contributed by atoms with Gasteiger partial charge in [-0.3, -0.25) is 4.79 Å². The van der Waals surface area contributed by atoms with Gasteiger partial charge in [0, 0.05) is 19.0 Å². The molecule has 2 N–H and O–H groups in total. The molecule has 1 aromatic carbocycles. The molecule has 0 atom stereocenters. The van der Waals surface area contributed by atoms with Crippen LogP contribution in [0.15, 0.2) is 36.7 Å². The average Bonchev–Trinajstić information content (AvgIpc) is 3.00. The number of amides is 1. The molecular formula is C18H19N5O3. The molecule has 0 saturated heterocycles. The molecule has 0 aliphatic carbocycles. The zero-order chi connectivity index (χ0) is 18.7. The third-order valence-electron chi connectivity index (χ3n) is 3.92. The molecule has 0 radical (unpaired) electrons. The van der Waals surface area contributed by atoms with Crippen molar-refractivity contribution in [1.29, 1.82) is 0 Å². The molecular weight excluding hydrogens is 334 g/mol. The number of aromatic carboxylic acids is 1. The van der Waals surface area contributed by atoms with E-state index in [9.17, 15) is 9.59 Å². The summed E-state index contributed by atoms with van der Waals surface area (Å²) >= 11 is 0. The number of imidazole rings is 1. The van der Waals surface area contributed by atoms with Crippen LogP contribution in [0.1, 0.15) is 46.7 Å². The molecule has 0 aliphatic heterocycles. The number of carboxylic acid groups (broad SMARTS) is 1. The third kappa shape index (κ3) is 3.53. The monoisotopic (exact) mass is 353 g/mol. The number of benzene rings is 1. The largest absolute Gasteiger partial charge is 0.476 e. The molecule has 0 fully saturated rings. The SMILES string of the molecule is CC(C)n1c(CCNC(=O)c2cnc(C(=O)O)cn2)nc2ccccc21. The minimum absolute atomic E-state index is 0.0763. The van der Waals surface area contributed by atoms with Crippen LogP contribution in [0.5, 0.6) is 0 Å². The Labute approximate surface area is 149 Å². The number of carboxylic acids is 1. The van der Waals surface area contributed by atoms with Crippen LogP contribution in [0.3, 0.4) is 0 Å². The first-order chi connectivity index (χ1) is 12.5. The number of carbonyl (C=O) groups is 2. The van der Waals surface area contributed by atoms with Crippen LogP contribution in [-0.4, -0.2) is 43.0 Å². The van der Waals surface area contributed by atoms with E-state index >= 15 is 0 Å². The quantitative estimate of drug-likeness (QED) is 0.702. The van der Waals surface area contributed by atoms with Crippen molar-refractivity contribution in [1.82, 2.24) is 24.8 Å². The van der Waals surface area contributed by atoms with Gasteiger partial charge in [-0.05, 0) is 26.0 Å². The van der Waals surface area contributed by atoms with Gasteiger partial charge in [-0.2, -0.15) is 0 Å². The lowest BCUT2D eigenvalue weighted by atomic mass is 10.3. The first-order valence-corrected chi connectivity index (χ1v) is 8.26. The summed E-state index contributed by atoms with van der Waals surface area (Å²) in [6, 6.07) is 8.18. The number of hydrogen-bond acceptors (Lipinski definition) is 5. The van der Waals surface area contributed by atoms with Crippen LogP contribution in [-0.2, 0) is 6.42 Å². The summed E-state index contributed by atoms with van der Waals surface area (Å²) in [5.41, 5.74) is 1.87. The highest BCUT2D eigenvalue weighted by Gasteiger charge is 2.14. The zero-order valence-electron chi connectivity index (χ0n) is 14.5. The Bertz CT molecular complexity index is 947. The van der Waals surface area contributed by atoms with E-state index in [1.807, 2.05) is 24.3 Å². The highest BCUT2D eigenvalue weighted by molar-refractivity contribution is 5.92. The lowest BCUT2D eigenvalue weighted by Gasteiger charge is -2.13. The molecule has 0 unspecified atom stereocenters. The highest BCUT2D eigenvalue weighted by atomic mass is 16.4. The molecule has 1 amide bonds. The van der Waals surface area contributed by atoms with Gasteiger partial charge >= 0.3 is 5.97 Å². The van der Waals surface area contributed by atoms with Gasteiger partial charge in [0.05, 0.1) is 23.4 Å². The number of para-hydroxylation sites is 2. The fraction of sp³-hybridized carbons (Fsp3) is 0.278. The maximum Gasteiger partial charge on any atom is 0.356 e. The predicted molar refractivity (Wildman–Crippen MR) is 95.1 cm³/mol. The maximum atomic E-state index is 12.1. The summed E-state index contributed by atoms with van der Waals surface area (Å²) in [4.78, 5) is 35.1. The van der Waals surface area contributed by atoms with Gasteiger partial charge in [-0.1, -0.05) is 12.1 Å². The van der Waals surface area contributed by atoms with Crippen LogP contribution >= 0.6 is 0 Å². The lowest BCUT2D eigenvalue weighted by Crippen LogP contribution is -2.27. The van der Waals surface area contributed by atoms with Crippen LogP contribution in [0.2, 0.25) is 0 Å². The van der Waals surface area contributed by atoms with Crippen LogP contribution in [0.4, 0.5) is 0 Å². The molecule has 0 spiro atoms. The van der Waals surface area contributed by atoms with Crippen molar-refractivity contribution in [2.45, 2.75) is 26.3 Å². The summed E-state index contributed by atoms with van der Waals surface area (Å²) in [6.45, 7) is 4.57. The van der Waals surface area contributed by atoms with Gasteiger partial charge in [0.2, 0.25) is 0 Å². The summed E-state index contributed by atoms with van der Waals surface area (Å²) in [5, 5.41) is 11.6. The molecule has 0 aliphatic rings. The fourth-order valence-electron chi connectivity index (χ4n) is 2.78. The van der Waals surface area contributed by atoms with Crippen LogP contribution in [0.25, 0.3) is 11.0 Å². The van der Waals surface area contributed by atoms with E-state index in [0.717, 1.165) is 29.3 Å². The van der Waals surface area contributed by atoms with E-state index in [1.165, 1.54) is 0 Å². The number of aromatic nitrogens is 4. The molecule has 8 heteroatoms. The van der Waals surface area contributed by atoms with Gasteiger partial charge in [0.15, 0.2) is 5.69 Å². The first kappa shape index (κ1) is 17.5. The Morgan fingerprint density at radius 2 is 1.85 bits per heavy atom. The second-order valence-electron chi connectivity index (χ2n) is 6.08. The third-order valence-corrected chi connectivity index (χ3v) is 3.92. The number of fused-ring (bicyclic) bond motifs is 1. The summed E-state index contributed by atoms with van der Waals surface area (Å²) < 4.78 is 2.16. The first-order valence-electron chi connectivity index (χ1n) is 8.26. The van der Waals surface area contributed by atoms with Crippen molar-refractivity contribution in [2.75, 3.05) is 6.54 Å². The van der Waals surface area contributed by atoms with Gasteiger partial charge in [0.1, 0.15) is 11.5 Å². The van der Waals surface area contributed by atoms with E-state index in [1.54, 1.807) is 0 Å². The van der Waals surface area contributed by atoms with E-state index in [2.05, 4.69) is 38.7 Å². The summed E-state index contributed by atoms with van der Waals surface area (Å²) in [6.07, 6.45) is 2.79. The van der Waals surface area contributed by atoms with E-state index < -0.39 is 11.9 Å². The number of nitrogens with one attached hydrogen (secondary N) is 1. The Morgan fingerprint density at radius 3 is 2.50 bits per heavy atom. The van der Waals surface area contributed by atoms with Crippen molar-refractivity contribution in [3.8, 4) is 0 Å². The molecule has 3 rings (SSSR count). The smallest absolute Gasteiger partial charge is 0.356 e. The van der Waals surface area contributed by atoms with Crippen molar-refractivity contribution < 1.29 is 14.7 Å². The Hall–Kier alpha value is -3.29. The second kappa shape index (κ2) is 7.30. The fourth-order valence-corrected chi connectivity index (χ4v) is 2.78. The molecule has 134 valence electrons. The standard InChI is InChI=1S/C18H19N5O3/c1-11(2)23-15-6-4-3-5-12(15)22-16(23)7-8-19-17(24)13-9-21-14(10-20-13)18(25)26/h3-6,9-11H,7-8H2,1-2H3,(H,19,24)(H,25,26). The summed E-state index contributed by atoms with van der Waals surface area (Å²) in [5.74, 6) is -0.687. The van der Waals surface area contributed by atoms with Crippen LogP contribution in [0, 0.1) is 0 Å². The average molecular weight is 353 g/mol. The molecule has 2 aromatic heterocycles. The Morgan fingerprint density at radius 1 is 1.15 bits per heavy atom. The molecule has 3 aromatic rings. The van der Waals surface area contributed by atoms with E-state index in [0.29, 0.717) is 13.0 Å². The minimum Gasteiger partial charge on any atom is -0.476 e. The van der Waals surface area contributed by atoms with E-state index in [-0.39, 0.29) is 17.4 Å². The lowest BCUT2D eigenvalue weighted by molar-refractivity contribution is 0.0689. The van der Waals surface area contributed by atoms with Crippen molar-refractivity contribution in [3.63, 3.8) is 0 Å². The van der Waals surface area contributed by atoms with Gasteiger partial charge in [0.25, 0.3) is 5.91 Å². The zero-order valence-corrected chi connectivity index (χ0v) is 14.5. The van der Waals surface area contributed by atoms with Crippen molar-refractivity contribution in [3.05, 3.63) is 53.9 Å². The van der Waals surface area contributed by atoms with Crippen molar-refractivity contribution >= 4 is 22.9 Å². The molecule has 0 saturated carbocycles. The molecule has 26 heavy (non-hydrogen) atoms. The number of nitrogens with zero attached hydrogens (tertiary/aromatic N) is 4. The topological polar surface area (TPSA) is 110 Å². The molecule has 8 nitrogen and oxygen atoms in total.